The zero-order chi connectivity index (χ0) is 18.6. The van der Waals surface area contributed by atoms with Crippen molar-refractivity contribution in [3.63, 3.8) is 0 Å². The Hall–Kier alpha value is -1.41. The summed E-state index contributed by atoms with van der Waals surface area (Å²) in [5, 5.41) is 20.7. The standard InChI is InChI=1S/C16H21Cl2N3O4/c1-2-20(10-15(22)23)13-3-5-19(6-4-13)9-11-7-12(17)8-14(18)16(11)21(24)25/h7-8,13H,2-6,9-10H2,1H3,(H,22,23). The molecule has 0 aliphatic carbocycles. The normalized spacial score (nSPS) is 16.3. The van der Waals surface area contributed by atoms with E-state index in [2.05, 4.69) is 4.90 Å². The zero-order valence-electron chi connectivity index (χ0n) is 14.0. The topological polar surface area (TPSA) is 86.9 Å². The fourth-order valence-corrected chi connectivity index (χ4v) is 3.91. The minimum Gasteiger partial charge on any atom is -0.480 e. The maximum absolute atomic E-state index is 11.3. The van der Waals surface area contributed by atoms with Crippen molar-refractivity contribution in [1.29, 1.82) is 0 Å². The molecule has 0 aromatic heterocycles. The number of nitro benzene ring substituents is 1. The summed E-state index contributed by atoms with van der Waals surface area (Å²) in [6.45, 7) is 4.55. The van der Waals surface area contributed by atoms with Crippen molar-refractivity contribution >= 4 is 34.9 Å². The zero-order valence-corrected chi connectivity index (χ0v) is 15.5. The quantitative estimate of drug-likeness (QED) is 0.568. The minimum absolute atomic E-state index is 0.0382. The van der Waals surface area contributed by atoms with Crippen molar-refractivity contribution in [1.82, 2.24) is 9.80 Å². The molecule has 138 valence electrons. The Morgan fingerprint density at radius 3 is 2.56 bits per heavy atom. The third-order valence-corrected chi connectivity index (χ3v) is 5.01. The molecular weight excluding hydrogens is 369 g/mol. The molecule has 1 aromatic rings. The number of aliphatic carboxylic acids is 1. The van der Waals surface area contributed by atoms with Gasteiger partial charge in [-0.15, -0.1) is 0 Å². The van der Waals surface area contributed by atoms with Crippen LogP contribution in [-0.2, 0) is 11.3 Å². The maximum Gasteiger partial charge on any atom is 0.317 e. The number of rotatable bonds is 7. The maximum atomic E-state index is 11.3. The highest BCUT2D eigenvalue weighted by Gasteiger charge is 2.27. The van der Waals surface area contributed by atoms with E-state index in [0.29, 0.717) is 23.7 Å². The highest BCUT2D eigenvalue weighted by Crippen LogP contribution is 2.33. The first-order valence-electron chi connectivity index (χ1n) is 8.12. The molecule has 0 saturated carbocycles. The summed E-state index contributed by atoms with van der Waals surface area (Å²) in [5.41, 5.74) is 0.396. The largest absolute Gasteiger partial charge is 0.480 e. The number of likely N-dealkylation sites (tertiary alicyclic amines) is 1. The van der Waals surface area contributed by atoms with Crippen LogP contribution in [0.2, 0.25) is 10.0 Å². The number of carboxylic acids is 1. The Morgan fingerprint density at radius 1 is 1.40 bits per heavy atom. The first-order chi connectivity index (χ1) is 11.8. The summed E-state index contributed by atoms with van der Waals surface area (Å²) in [6.07, 6.45) is 1.65. The molecule has 1 aromatic carbocycles. The van der Waals surface area contributed by atoms with Gasteiger partial charge in [0.2, 0.25) is 0 Å². The van der Waals surface area contributed by atoms with Gasteiger partial charge in [-0.1, -0.05) is 30.1 Å². The van der Waals surface area contributed by atoms with Crippen molar-refractivity contribution in [3.8, 4) is 0 Å². The third-order valence-electron chi connectivity index (χ3n) is 4.50. The van der Waals surface area contributed by atoms with Gasteiger partial charge >= 0.3 is 5.97 Å². The highest BCUT2D eigenvalue weighted by atomic mass is 35.5. The van der Waals surface area contributed by atoms with E-state index in [-0.39, 0.29) is 23.3 Å². The van der Waals surface area contributed by atoms with Gasteiger partial charge in [0, 0.05) is 23.2 Å². The highest BCUT2D eigenvalue weighted by molar-refractivity contribution is 6.36. The van der Waals surface area contributed by atoms with Gasteiger partial charge < -0.3 is 5.11 Å². The third kappa shape index (κ3) is 5.28. The van der Waals surface area contributed by atoms with Crippen LogP contribution in [0.25, 0.3) is 0 Å². The predicted octanol–water partition coefficient (Wildman–Crippen LogP) is 3.27. The van der Waals surface area contributed by atoms with Crippen LogP contribution in [0.4, 0.5) is 5.69 Å². The average molecular weight is 390 g/mol. The lowest BCUT2D eigenvalue weighted by atomic mass is 10.0. The van der Waals surface area contributed by atoms with E-state index in [1.807, 2.05) is 11.8 Å². The molecule has 1 aliphatic heterocycles. The van der Waals surface area contributed by atoms with Crippen LogP contribution in [0.15, 0.2) is 12.1 Å². The van der Waals surface area contributed by atoms with E-state index >= 15 is 0 Å². The number of nitrogens with zero attached hydrogens (tertiary/aromatic N) is 3. The smallest absolute Gasteiger partial charge is 0.317 e. The Kier molecular flexibility index (Phi) is 7.01. The summed E-state index contributed by atoms with van der Waals surface area (Å²) in [5.74, 6) is -0.825. The minimum atomic E-state index is -0.825. The monoisotopic (exact) mass is 389 g/mol. The molecule has 2 rings (SSSR count). The SMILES string of the molecule is CCN(CC(=O)O)C1CCN(Cc2cc(Cl)cc(Cl)c2[N+](=O)[O-])CC1. The van der Waals surface area contributed by atoms with Gasteiger partial charge in [0.1, 0.15) is 5.02 Å². The Labute approximate surface area is 156 Å². The van der Waals surface area contributed by atoms with Crippen LogP contribution in [0.1, 0.15) is 25.3 Å². The summed E-state index contributed by atoms with van der Waals surface area (Å²) in [7, 11) is 0. The Balaban J connectivity index is 2.03. The van der Waals surface area contributed by atoms with Crippen molar-refractivity contribution in [2.24, 2.45) is 0 Å². The second-order valence-electron chi connectivity index (χ2n) is 6.12. The molecule has 0 amide bonds. The lowest BCUT2D eigenvalue weighted by Gasteiger charge is -2.37. The molecule has 0 spiro atoms. The number of hydrogen-bond acceptors (Lipinski definition) is 5. The van der Waals surface area contributed by atoms with Crippen LogP contribution < -0.4 is 0 Å². The van der Waals surface area contributed by atoms with Crippen molar-refractivity contribution in [3.05, 3.63) is 37.9 Å². The fraction of sp³-hybridized carbons (Fsp3) is 0.562. The number of nitro groups is 1. The van der Waals surface area contributed by atoms with Gasteiger partial charge in [-0.25, -0.2) is 0 Å². The van der Waals surface area contributed by atoms with E-state index in [9.17, 15) is 14.9 Å². The average Bonchev–Trinajstić information content (AvgIpc) is 2.52. The van der Waals surface area contributed by atoms with Crippen molar-refractivity contribution < 1.29 is 14.8 Å². The van der Waals surface area contributed by atoms with Crippen LogP contribution in [0.3, 0.4) is 0 Å². The van der Waals surface area contributed by atoms with Crippen LogP contribution >= 0.6 is 23.2 Å². The molecule has 25 heavy (non-hydrogen) atoms. The number of hydrogen-bond donors (Lipinski definition) is 1. The molecule has 0 bridgehead atoms. The molecule has 0 unspecified atom stereocenters. The number of benzene rings is 1. The van der Waals surface area contributed by atoms with E-state index in [0.717, 1.165) is 25.9 Å². The molecule has 1 N–H and O–H groups in total. The van der Waals surface area contributed by atoms with E-state index in [1.165, 1.54) is 6.07 Å². The summed E-state index contributed by atoms with van der Waals surface area (Å²) < 4.78 is 0. The summed E-state index contributed by atoms with van der Waals surface area (Å²) >= 11 is 12.0. The van der Waals surface area contributed by atoms with Gasteiger partial charge in [0.25, 0.3) is 5.69 Å². The molecule has 7 nitrogen and oxygen atoms in total. The first kappa shape index (κ1) is 19.9. The second kappa shape index (κ2) is 8.80. The molecule has 1 heterocycles. The van der Waals surface area contributed by atoms with Crippen molar-refractivity contribution in [2.45, 2.75) is 32.4 Å². The van der Waals surface area contributed by atoms with Gasteiger partial charge in [-0.05, 0) is 44.6 Å². The number of piperidine rings is 1. The molecular formula is C16H21Cl2N3O4. The van der Waals surface area contributed by atoms with E-state index in [1.54, 1.807) is 6.07 Å². The molecule has 0 atom stereocenters. The number of halogens is 2. The molecule has 1 fully saturated rings. The lowest BCUT2D eigenvalue weighted by molar-refractivity contribution is -0.385. The van der Waals surface area contributed by atoms with Crippen LogP contribution in [0.5, 0.6) is 0 Å². The lowest BCUT2D eigenvalue weighted by Crippen LogP contribution is -2.46. The number of carbonyl (C=O) groups is 1. The predicted molar refractivity (Wildman–Crippen MR) is 96.3 cm³/mol. The first-order valence-corrected chi connectivity index (χ1v) is 8.88. The fourth-order valence-electron chi connectivity index (χ4n) is 3.30. The Morgan fingerprint density at radius 2 is 2.04 bits per heavy atom. The van der Waals surface area contributed by atoms with Gasteiger partial charge in [-0.2, -0.15) is 0 Å². The van der Waals surface area contributed by atoms with Gasteiger partial charge in [-0.3, -0.25) is 24.7 Å². The van der Waals surface area contributed by atoms with Gasteiger partial charge in [0.05, 0.1) is 11.5 Å². The van der Waals surface area contributed by atoms with Gasteiger partial charge in [0.15, 0.2) is 0 Å². The van der Waals surface area contributed by atoms with Crippen LogP contribution in [0, 0.1) is 10.1 Å². The Bertz CT molecular complexity index is 649. The van der Waals surface area contributed by atoms with Crippen molar-refractivity contribution in [2.75, 3.05) is 26.2 Å². The second-order valence-corrected chi connectivity index (χ2v) is 6.96. The van der Waals surface area contributed by atoms with Crippen LogP contribution in [-0.4, -0.2) is 58.0 Å². The number of likely N-dealkylation sites (N-methyl/N-ethyl adjacent to an activating group) is 1. The molecule has 0 radical (unpaired) electrons. The molecule has 9 heteroatoms. The number of carboxylic acid groups (broad SMARTS) is 1. The summed E-state index contributed by atoms with van der Waals surface area (Å²) in [6, 6.07) is 3.18. The van der Waals surface area contributed by atoms with E-state index < -0.39 is 10.9 Å². The summed E-state index contributed by atoms with van der Waals surface area (Å²) in [4.78, 5) is 25.8. The van der Waals surface area contributed by atoms with E-state index in [4.69, 9.17) is 28.3 Å². The molecule has 1 saturated heterocycles. The molecule has 1 aliphatic rings.